The molecule has 2 aromatic rings. The Morgan fingerprint density at radius 3 is 2.62 bits per heavy atom. The van der Waals surface area contributed by atoms with Crippen LogP contribution in [-0.2, 0) is 10.3 Å². The molecule has 0 aliphatic carbocycles. The Hall–Kier alpha value is -2.53. The number of halogens is 1. The molecule has 0 N–H and O–H groups in total. The highest BCUT2D eigenvalue weighted by Crippen LogP contribution is 2.47. The van der Waals surface area contributed by atoms with Crippen LogP contribution in [0.5, 0.6) is 5.75 Å². The van der Waals surface area contributed by atoms with Gasteiger partial charge in [0, 0.05) is 17.6 Å². The van der Waals surface area contributed by atoms with E-state index in [9.17, 15) is 9.59 Å². The Labute approximate surface area is 144 Å². The Balaban J connectivity index is 2.10. The molecule has 24 heavy (non-hydrogen) atoms. The zero-order valence-electron chi connectivity index (χ0n) is 13.0. The molecule has 2 heterocycles. The van der Waals surface area contributed by atoms with Gasteiger partial charge in [-0.2, -0.15) is 0 Å². The molecule has 3 amide bonds. The SMILES string of the molecule is CN1C(=O)N2CCOc3ccc(Cl)cc3C2(c2ccccc2)C1=O. The maximum atomic E-state index is 13.3. The molecule has 0 radical (unpaired) electrons. The maximum absolute atomic E-state index is 13.3. The molecule has 2 aliphatic heterocycles. The molecular formula is C18H15ClN2O3. The normalized spacial score (nSPS) is 22.8. The molecule has 4 rings (SSSR count). The van der Waals surface area contributed by atoms with Crippen LogP contribution in [0.1, 0.15) is 11.1 Å². The number of benzene rings is 2. The summed E-state index contributed by atoms with van der Waals surface area (Å²) in [5.41, 5.74) is 0.0761. The van der Waals surface area contributed by atoms with Crippen molar-refractivity contribution in [1.29, 1.82) is 0 Å². The van der Waals surface area contributed by atoms with Gasteiger partial charge in [0.2, 0.25) is 0 Å². The first-order chi connectivity index (χ1) is 11.6. The first-order valence-corrected chi connectivity index (χ1v) is 8.02. The molecular weight excluding hydrogens is 328 g/mol. The van der Waals surface area contributed by atoms with E-state index in [1.54, 1.807) is 23.1 Å². The number of fused-ring (bicyclic) bond motifs is 3. The molecule has 2 aliphatic rings. The lowest BCUT2D eigenvalue weighted by Gasteiger charge is -2.34. The van der Waals surface area contributed by atoms with E-state index in [4.69, 9.17) is 16.3 Å². The summed E-state index contributed by atoms with van der Waals surface area (Å²) in [6.45, 7) is 0.631. The minimum atomic E-state index is -1.25. The number of nitrogens with zero attached hydrogens (tertiary/aromatic N) is 2. The van der Waals surface area contributed by atoms with Crippen molar-refractivity contribution in [3.05, 3.63) is 64.7 Å². The number of carbonyl (C=O) groups is 2. The number of ether oxygens (including phenoxy) is 1. The van der Waals surface area contributed by atoms with Crippen molar-refractivity contribution in [1.82, 2.24) is 9.80 Å². The number of urea groups is 1. The van der Waals surface area contributed by atoms with Crippen molar-refractivity contribution < 1.29 is 14.3 Å². The number of hydrogen-bond donors (Lipinski definition) is 0. The zero-order chi connectivity index (χ0) is 16.9. The van der Waals surface area contributed by atoms with Crippen LogP contribution in [0.15, 0.2) is 48.5 Å². The molecule has 1 saturated heterocycles. The van der Waals surface area contributed by atoms with Crippen LogP contribution in [0.4, 0.5) is 4.79 Å². The van der Waals surface area contributed by atoms with Gasteiger partial charge in [-0.3, -0.25) is 14.6 Å². The van der Waals surface area contributed by atoms with Gasteiger partial charge in [0.05, 0.1) is 6.54 Å². The van der Waals surface area contributed by atoms with E-state index in [2.05, 4.69) is 0 Å². The summed E-state index contributed by atoms with van der Waals surface area (Å²) in [4.78, 5) is 28.7. The van der Waals surface area contributed by atoms with E-state index >= 15 is 0 Å². The van der Waals surface area contributed by atoms with E-state index < -0.39 is 5.54 Å². The second-order valence-corrected chi connectivity index (χ2v) is 6.30. The summed E-state index contributed by atoms with van der Waals surface area (Å²) in [6, 6.07) is 14.2. The number of likely N-dealkylation sites (N-methyl/N-ethyl adjacent to an activating group) is 1. The predicted octanol–water partition coefficient (Wildman–Crippen LogP) is 2.87. The molecule has 2 aromatic carbocycles. The lowest BCUT2D eigenvalue weighted by Crippen LogP contribution is -2.48. The summed E-state index contributed by atoms with van der Waals surface area (Å²) >= 11 is 6.21. The summed E-state index contributed by atoms with van der Waals surface area (Å²) in [6.07, 6.45) is 0. The second-order valence-electron chi connectivity index (χ2n) is 5.86. The fraction of sp³-hybridized carbons (Fsp3) is 0.222. The highest BCUT2D eigenvalue weighted by molar-refractivity contribution is 6.30. The van der Waals surface area contributed by atoms with Crippen molar-refractivity contribution in [2.24, 2.45) is 0 Å². The average molecular weight is 343 g/mol. The van der Waals surface area contributed by atoms with Crippen LogP contribution < -0.4 is 4.74 Å². The molecule has 5 nitrogen and oxygen atoms in total. The number of carbonyl (C=O) groups excluding carboxylic acids is 2. The van der Waals surface area contributed by atoms with E-state index in [0.717, 1.165) is 5.56 Å². The molecule has 0 saturated carbocycles. The number of amides is 3. The number of rotatable bonds is 1. The Kier molecular flexibility index (Phi) is 3.28. The van der Waals surface area contributed by atoms with Crippen LogP contribution in [0.2, 0.25) is 5.02 Å². The van der Waals surface area contributed by atoms with Gasteiger partial charge in [0.1, 0.15) is 12.4 Å². The molecule has 0 aromatic heterocycles. The standard InChI is InChI=1S/C18H15ClN2O3/c1-20-16(22)18(12-5-3-2-4-6-12)14-11-13(19)7-8-15(14)24-10-9-21(18)17(20)23/h2-8,11H,9-10H2,1H3. The van der Waals surface area contributed by atoms with Crippen LogP contribution in [0, 0.1) is 0 Å². The fourth-order valence-corrected chi connectivity index (χ4v) is 3.74. The zero-order valence-corrected chi connectivity index (χ0v) is 13.8. The monoisotopic (exact) mass is 342 g/mol. The third kappa shape index (κ3) is 1.82. The third-order valence-corrected chi connectivity index (χ3v) is 4.87. The Morgan fingerprint density at radius 1 is 1.12 bits per heavy atom. The van der Waals surface area contributed by atoms with Gasteiger partial charge in [0.15, 0.2) is 5.54 Å². The van der Waals surface area contributed by atoms with Crippen LogP contribution in [0.3, 0.4) is 0 Å². The minimum Gasteiger partial charge on any atom is -0.491 e. The topological polar surface area (TPSA) is 49.9 Å². The van der Waals surface area contributed by atoms with Crippen molar-refractivity contribution in [3.63, 3.8) is 0 Å². The maximum Gasteiger partial charge on any atom is 0.328 e. The first-order valence-electron chi connectivity index (χ1n) is 7.65. The van der Waals surface area contributed by atoms with Gasteiger partial charge in [-0.05, 0) is 23.8 Å². The second kappa shape index (κ2) is 5.24. The molecule has 6 heteroatoms. The molecule has 1 unspecified atom stereocenters. The van der Waals surface area contributed by atoms with Gasteiger partial charge in [0.25, 0.3) is 5.91 Å². The van der Waals surface area contributed by atoms with Gasteiger partial charge >= 0.3 is 6.03 Å². The fourth-order valence-electron chi connectivity index (χ4n) is 3.57. The third-order valence-electron chi connectivity index (χ3n) is 4.63. The summed E-state index contributed by atoms with van der Waals surface area (Å²) < 4.78 is 5.79. The Bertz CT molecular complexity index is 839. The quantitative estimate of drug-likeness (QED) is 0.749. The predicted molar refractivity (Wildman–Crippen MR) is 89.0 cm³/mol. The van der Waals surface area contributed by atoms with Crippen molar-refractivity contribution in [3.8, 4) is 5.75 Å². The molecule has 0 spiro atoms. The highest BCUT2D eigenvalue weighted by atomic mass is 35.5. The first kappa shape index (κ1) is 15.0. The van der Waals surface area contributed by atoms with Crippen LogP contribution >= 0.6 is 11.6 Å². The summed E-state index contributed by atoms with van der Waals surface area (Å²) in [5, 5.41) is 0.490. The molecule has 1 atom stereocenters. The molecule has 1 fully saturated rings. The van der Waals surface area contributed by atoms with Gasteiger partial charge in [-0.25, -0.2) is 4.79 Å². The highest BCUT2D eigenvalue weighted by Gasteiger charge is 2.60. The largest absolute Gasteiger partial charge is 0.491 e. The van der Waals surface area contributed by atoms with E-state index in [1.807, 2.05) is 30.3 Å². The lowest BCUT2D eigenvalue weighted by atomic mass is 9.81. The smallest absolute Gasteiger partial charge is 0.328 e. The average Bonchev–Trinajstić information content (AvgIpc) is 2.74. The Morgan fingerprint density at radius 2 is 1.88 bits per heavy atom. The minimum absolute atomic E-state index is 0.298. The molecule has 0 bridgehead atoms. The van der Waals surface area contributed by atoms with E-state index in [-0.39, 0.29) is 11.9 Å². The van der Waals surface area contributed by atoms with E-state index in [0.29, 0.717) is 29.5 Å². The van der Waals surface area contributed by atoms with Crippen LogP contribution in [-0.4, -0.2) is 41.9 Å². The van der Waals surface area contributed by atoms with E-state index in [1.165, 1.54) is 11.9 Å². The van der Waals surface area contributed by atoms with Crippen molar-refractivity contribution in [2.75, 3.05) is 20.2 Å². The molecule has 122 valence electrons. The summed E-state index contributed by atoms with van der Waals surface area (Å²) in [7, 11) is 1.51. The summed E-state index contributed by atoms with van der Waals surface area (Å²) in [5.74, 6) is 0.273. The van der Waals surface area contributed by atoms with Crippen molar-refractivity contribution >= 4 is 23.5 Å². The number of imide groups is 1. The van der Waals surface area contributed by atoms with Gasteiger partial charge < -0.3 is 4.74 Å². The van der Waals surface area contributed by atoms with Gasteiger partial charge in [-0.1, -0.05) is 41.9 Å². The van der Waals surface area contributed by atoms with Gasteiger partial charge in [-0.15, -0.1) is 0 Å². The lowest BCUT2D eigenvalue weighted by molar-refractivity contribution is -0.131. The van der Waals surface area contributed by atoms with Crippen LogP contribution in [0.25, 0.3) is 0 Å². The number of hydrogen-bond acceptors (Lipinski definition) is 3. The van der Waals surface area contributed by atoms with Crippen molar-refractivity contribution in [2.45, 2.75) is 5.54 Å².